The van der Waals surface area contributed by atoms with Gasteiger partial charge in [0.15, 0.2) is 10.2 Å². The van der Waals surface area contributed by atoms with E-state index in [4.69, 9.17) is 11.6 Å². The molecule has 0 saturated heterocycles. The van der Waals surface area contributed by atoms with Crippen LogP contribution < -0.4 is 0 Å². The SMILES string of the molecule is COC(=O)CSc1nc(Sc2ccc(Cl)cc2)ncc1[N+](=O)[O-]. The summed E-state index contributed by atoms with van der Waals surface area (Å²) in [7, 11) is 1.25. The molecule has 0 bridgehead atoms. The second-order valence-corrected chi connectivity index (χ2v) is 6.46. The topological polar surface area (TPSA) is 95.2 Å². The Balaban J connectivity index is 2.22. The van der Waals surface area contributed by atoms with Crippen molar-refractivity contribution in [3.05, 3.63) is 45.6 Å². The number of nitrogens with zero attached hydrogens (tertiary/aromatic N) is 3. The first-order chi connectivity index (χ1) is 11.0. The molecule has 2 aromatic rings. The number of aromatic nitrogens is 2. The zero-order valence-electron chi connectivity index (χ0n) is 11.8. The van der Waals surface area contributed by atoms with Crippen LogP contribution in [0, 0.1) is 10.1 Å². The van der Waals surface area contributed by atoms with Crippen molar-refractivity contribution in [1.82, 2.24) is 9.97 Å². The second kappa shape index (κ2) is 8.14. The van der Waals surface area contributed by atoms with Gasteiger partial charge in [-0.3, -0.25) is 14.9 Å². The monoisotopic (exact) mass is 371 g/mol. The minimum absolute atomic E-state index is 0.0700. The summed E-state index contributed by atoms with van der Waals surface area (Å²) in [5.41, 5.74) is -0.251. The third kappa shape index (κ3) is 5.08. The maximum Gasteiger partial charge on any atom is 0.319 e. The van der Waals surface area contributed by atoms with E-state index in [1.807, 2.05) is 0 Å². The van der Waals surface area contributed by atoms with Crippen molar-refractivity contribution in [1.29, 1.82) is 0 Å². The number of esters is 1. The van der Waals surface area contributed by atoms with Crippen LogP contribution in [-0.2, 0) is 9.53 Å². The molecule has 0 saturated carbocycles. The Labute approximate surface area is 145 Å². The van der Waals surface area contributed by atoms with E-state index in [1.54, 1.807) is 24.3 Å². The minimum atomic E-state index is -0.587. The molecule has 0 radical (unpaired) electrons. The largest absolute Gasteiger partial charge is 0.468 e. The molecule has 0 fully saturated rings. The third-order valence-electron chi connectivity index (χ3n) is 2.49. The molecule has 0 spiro atoms. The van der Waals surface area contributed by atoms with E-state index < -0.39 is 10.9 Å². The Kier molecular flexibility index (Phi) is 6.20. The van der Waals surface area contributed by atoms with E-state index in [0.29, 0.717) is 10.2 Å². The lowest BCUT2D eigenvalue weighted by Crippen LogP contribution is -2.05. The van der Waals surface area contributed by atoms with Gasteiger partial charge < -0.3 is 4.74 Å². The fraction of sp³-hybridized carbons (Fsp3) is 0.154. The van der Waals surface area contributed by atoms with Crippen molar-refractivity contribution in [2.75, 3.05) is 12.9 Å². The van der Waals surface area contributed by atoms with Crippen LogP contribution in [0.15, 0.2) is 45.5 Å². The second-order valence-electron chi connectivity index (χ2n) is 4.02. The molecule has 10 heteroatoms. The van der Waals surface area contributed by atoms with Crippen LogP contribution in [-0.4, -0.2) is 33.7 Å². The average Bonchev–Trinajstić information content (AvgIpc) is 2.54. The fourth-order valence-electron chi connectivity index (χ4n) is 1.42. The summed E-state index contributed by atoms with van der Waals surface area (Å²) >= 11 is 7.99. The van der Waals surface area contributed by atoms with Crippen molar-refractivity contribution in [2.24, 2.45) is 0 Å². The van der Waals surface area contributed by atoms with Gasteiger partial charge in [0.2, 0.25) is 0 Å². The molecule has 2 rings (SSSR count). The number of rotatable bonds is 6. The first kappa shape index (κ1) is 17.5. The van der Waals surface area contributed by atoms with Gasteiger partial charge in [-0.2, -0.15) is 0 Å². The summed E-state index contributed by atoms with van der Waals surface area (Å²) in [6.07, 6.45) is 1.13. The van der Waals surface area contributed by atoms with Crippen molar-refractivity contribution >= 4 is 46.8 Å². The van der Waals surface area contributed by atoms with Gasteiger partial charge in [-0.05, 0) is 36.0 Å². The predicted octanol–water partition coefficient (Wildman–Crippen LogP) is 3.45. The number of hydrogen-bond acceptors (Lipinski definition) is 8. The Morgan fingerprint density at radius 1 is 1.39 bits per heavy atom. The van der Waals surface area contributed by atoms with Crippen molar-refractivity contribution < 1.29 is 14.5 Å². The first-order valence-electron chi connectivity index (χ1n) is 6.14. The summed E-state index contributed by atoms with van der Waals surface area (Å²) in [6.45, 7) is 0. The minimum Gasteiger partial charge on any atom is -0.468 e. The summed E-state index contributed by atoms with van der Waals surface area (Å²) < 4.78 is 4.52. The number of thioether (sulfide) groups is 1. The van der Waals surface area contributed by atoms with E-state index in [-0.39, 0.29) is 16.5 Å². The highest BCUT2D eigenvalue weighted by Gasteiger charge is 2.19. The molecule has 1 heterocycles. The normalized spacial score (nSPS) is 10.3. The molecule has 0 atom stereocenters. The molecular formula is C13H10ClN3O4S2. The molecule has 0 aliphatic rings. The van der Waals surface area contributed by atoms with Gasteiger partial charge in [-0.25, -0.2) is 9.97 Å². The van der Waals surface area contributed by atoms with Gasteiger partial charge in [-0.15, -0.1) is 0 Å². The molecule has 0 unspecified atom stereocenters. The molecule has 23 heavy (non-hydrogen) atoms. The van der Waals surface area contributed by atoms with Crippen LogP contribution in [0.5, 0.6) is 0 Å². The standard InChI is InChI=1S/C13H10ClN3O4S2/c1-21-11(18)7-22-12-10(17(19)20)6-15-13(16-12)23-9-4-2-8(14)3-5-9/h2-6H,7H2,1H3. The van der Waals surface area contributed by atoms with Gasteiger partial charge in [0.1, 0.15) is 6.20 Å². The van der Waals surface area contributed by atoms with E-state index in [0.717, 1.165) is 22.9 Å². The molecule has 0 aliphatic heterocycles. The molecule has 0 amide bonds. The number of ether oxygens (including phenoxy) is 1. The maximum atomic E-state index is 11.2. The maximum absolute atomic E-state index is 11.2. The lowest BCUT2D eigenvalue weighted by Gasteiger charge is -2.04. The summed E-state index contributed by atoms with van der Waals surface area (Å²) in [4.78, 5) is 30.6. The van der Waals surface area contributed by atoms with Gasteiger partial charge in [-0.1, -0.05) is 23.4 Å². The summed E-state index contributed by atoms with van der Waals surface area (Å²) in [6, 6.07) is 7.03. The number of benzene rings is 1. The quantitative estimate of drug-likeness (QED) is 0.190. The van der Waals surface area contributed by atoms with Crippen LogP contribution in [0.1, 0.15) is 0 Å². The molecule has 1 aromatic carbocycles. The zero-order valence-corrected chi connectivity index (χ0v) is 14.2. The van der Waals surface area contributed by atoms with Gasteiger partial charge >= 0.3 is 11.7 Å². The lowest BCUT2D eigenvalue weighted by molar-refractivity contribution is -0.388. The molecule has 120 valence electrons. The number of halogens is 1. The summed E-state index contributed by atoms with van der Waals surface area (Å²) in [5.74, 6) is -0.561. The highest BCUT2D eigenvalue weighted by atomic mass is 35.5. The number of carbonyl (C=O) groups is 1. The highest BCUT2D eigenvalue weighted by Crippen LogP contribution is 2.31. The van der Waals surface area contributed by atoms with Crippen LogP contribution in [0.2, 0.25) is 5.02 Å². The Morgan fingerprint density at radius 3 is 2.70 bits per heavy atom. The predicted molar refractivity (Wildman–Crippen MR) is 87.0 cm³/mol. The number of hydrogen-bond donors (Lipinski definition) is 0. The van der Waals surface area contributed by atoms with Crippen LogP contribution in [0.4, 0.5) is 5.69 Å². The van der Waals surface area contributed by atoms with E-state index in [9.17, 15) is 14.9 Å². The number of carbonyl (C=O) groups excluding carboxylic acids is 1. The molecular weight excluding hydrogens is 362 g/mol. The number of nitro groups is 1. The fourth-order valence-corrected chi connectivity index (χ4v) is 3.13. The van der Waals surface area contributed by atoms with Gasteiger partial charge in [0, 0.05) is 9.92 Å². The van der Waals surface area contributed by atoms with Crippen molar-refractivity contribution in [3.8, 4) is 0 Å². The zero-order chi connectivity index (χ0) is 16.8. The Bertz CT molecular complexity index is 728. The molecule has 0 N–H and O–H groups in total. The molecule has 0 aliphatic carbocycles. The highest BCUT2D eigenvalue weighted by molar-refractivity contribution is 8.00. The van der Waals surface area contributed by atoms with Crippen molar-refractivity contribution in [3.63, 3.8) is 0 Å². The number of methoxy groups -OCH3 is 1. The van der Waals surface area contributed by atoms with Crippen LogP contribution in [0.25, 0.3) is 0 Å². The molecule has 7 nitrogen and oxygen atoms in total. The average molecular weight is 372 g/mol. The van der Waals surface area contributed by atoms with Gasteiger partial charge in [0.25, 0.3) is 0 Å². The smallest absolute Gasteiger partial charge is 0.319 e. The van der Waals surface area contributed by atoms with E-state index in [2.05, 4.69) is 14.7 Å². The van der Waals surface area contributed by atoms with E-state index in [1.165, 1.54) is 18.9 Å². The lowest BCUT2D eigenvalue weighted by atomic mass is 10.4. The third-order valence-corrected chi connectivity index (χ3v) is 4.58. The van der Waals surface area contributed by atoms with Crippen LogP contribution in [0.3, 0.4) is 0 Å². The van der Waals surface area contributed by atoms with Crippen molar-refractivity contribution in [2.45, 2.75) is 15.1 Å². The summed E-state index contributed by atoms with van der Waals surface area (Å²) in [5, 5.41) is 12.1. The van der Waals surface area contributed by atoms with E-state index >= 15 is 0 Å². The Morgan fingerprint density at radius 2 is 2.09 bits per heavy atom. The Hall–Kier alpha value is -1.84. The van der Waals surface area contributed by atoms with Gasteiger partial charge in [0.05, 0.1) is 17.8 Å². The first-order valence-corrected chi connectivity index (χ1v) is 8.32. The van der Waals surface area contributed by atoms with Crippen LogP contribution >= 0.6 is 35.1 Å². The molecule has 1 aromatic heterocycles.